The molecule has 0 radical (unpaired) electrons. The molecule has 1 saturated heterocycles. The van der Waals surface area contributed by atoms with E-state index in [0.717, 1.165) is 11.0 Å². The molecule has 0 spiro atoms. The number of urea groups is 1. The van der Waals surface area contributed by atoms with Crippen LogP contribution in [0.5, 0.6) is 0 Å². The number of nitrogens with zero attached hydrogens (tertiary/aromatic N) is 2. The SMILES string of the molecule is CC(C)[C@H]1NC(=O)N(Cc2ccc(F)c(C#N)c2)C1=O. The van der Waals surface area contributed by atoms with Crippen LogP contribution in [0.3, 0.4) is 0 Å². The largest absolute Gasteiger partial charge is 0.326 e. The fourth-order valence-electron chi connectivity index (χ4n) is 2.08. The van der Waals surface area contributed by atoms with Crippen molar-refractivity contribution in [3.63, 3.8) is 0 Å². The molecular weight excluding hydrogens is 261 g/mol. The van der Waals surface area contributed by atoms with E-state index in [-0.39, 0.29) is 23.9 Å². The third kappa shape index (κ3) is 2.48. The van der Waals surface area contributed by atoms with Crippen LogP contribution in [0.25, 0.3) is 0 Å². The maximum Gasteiger partial charge on any atom is 0.325 e. The first-order valence-corrected chi connectivity index (χ1v) is 6.24. The summed E-state index contributed by atoms with van der Waals surface area (Å²) < 4.78 is 13.2. The third-order valence-corrected chi connectivity index (χ3v) is 3.21. The zero-order valence-corrected chi connectivity index (χ0v) is 11.2. The molecule has 0 aliphatic carbocycles. The van der Waals surface area contributed by atoms with Gasteiger partial charge in [-0.2, -0.15) is 5.26 Å². The van der Waals surface area contributed by atoms with Gasteiger partial charge in [0.05, 0.1) is 12.1 Å². The molecule has 20 heavy (non-hydrogen) atoms. The second-order valence-electron chi connectivity index (χ2n) is 5.02. The summed E-state index contributed by atoms with van der Waals surface area (Å²) in [5.41, 5.74) is 0.436. The summed E-state index contributed by atoms with van der Waals surface area (Å²) in [6.07, 6.45) is 0. The van der Waals surface area contributed by atoms with Crippen LogP contribution in [-0.4, -0.2) is 22.9 Å². The summed E-state index contributed by atoms with van der Waals surface area (Å²) in [7, 11) is 0. The van der Waals surface area contributed by atoms with Gasteiger partial charge in [-0.1, -0.05) is 19.9 Å². The standard InChI is InChI=1S/C14H14FN3O2/c1-8(2)12-13(19)18(14(20)17-12)7-9-3-4-11(15)10(5-9)6-16/h3-5,8,12H,7H2,1-2H3,(H,17,20)/t12-/m1/s1. The van der Waals surface area contributed by atoms with Crippen LogP contribution in [-0.2, 0) is 11.3 Å². The van der Waals surface area contributed by atoms with Gasteiger partial charge in [-0.3, -0.25) is 9.69 Å². The van der Waals surface area contributed by atoms with Crippen molar-refractivity contribution in [1.29, 1.82) is 5.26 Å². The molecule has 0 aromatic heterocycles. The van der Waals surface area contributed by atoms with Gasteiger partial charge in [-0.15, -0.1) is 0 Å². The van der Waals surface area contributed by atoms with Crippen molar-refractivity contribution in [2.45, 2.75) is 26.4 Å². The second kappa shape index (κ2) is 5.29. The van der Waals surface area contributed by atoms with E-state index in [0.29, 0.717) is 5.56 Å². The highest BCUT2D eigenvalue weighted by Crippen LogP contribution is 2.18. The van der Waals surface area contributed by atoms with Gasteiger partial charge >= 0.3 is 6.03 Å². The van der Waals surface area contributed by atoms with E-state index in [9.17, 15) is 14.0 Å². The molecule has 1 N–H and O–H groups in total. The Kier molecular flexibility index (Phi) is 3.70. The van der Waals surface area contributed by atoms with E-state index >= 15 is 0 Å². The number of amides is 3. The average Bonchev–Trinajstić information content (AvgIpc) is 2.69. The highest BCUT2D eigenvalue weighted by atomic mass is 19.1. The number of benzene rings is 1. The third-order valence-electron chi connectivity index (χ3n) is 3.21. The normalized spacial score (nSPS) is 18.4. The Labute approximate surface area is 116 Å². The minimum Gasteiger partial charge on any atom is -0.326 e. The molecule has 1 aromatic rings. The first kappa shape index (κ1) is 14.0. The highest BCUT2D eigenvalue weighted by molar-refractivity contribution is 6.04. The molecule has 0 unspecified atom stereocenters. The molecule has 6 heteroatoms. The van der Waals surface area contributed by atoms with Gasteiger partial charge in [0.1, 0.15) is 17.9 Å². The number of nitrogens with one attached hydrogen (secondary N) is 1. The van der Waals surface area contributed by atoms with Gasteiger partial charge in [-0.05, 0) is 23.6 Å². The molecule has 0 saturated carbocycles. The fraction of sp³-hybridized carbons (Fsp3) is 0.357. The van der Waals surface area contributed by atoms with Crippen molar-refractivity contribution in [2.75, 3.05) is 0 Å². The van der Waals surface area contributed by atoms with Crippen molar-refractivity contribution >= 4 is 11.9 Å². The maximum atomic E-state index is 13.2. The minimum atomic E-state index is -0.617. The molecule has 3 amide bonds. The average molecular weight is 275 g/mol. The molecule has 1 aliphatic rings. The van der Waals surface area contributed by atoms with E-state index in [1.54, 1.807) is 6.07 Å². The van der Waals surface area contributed by atoms with E-state index in [1.807, 2.05) is 13.8 Å². The predicted octanol–water partition coefficient (Wildman–Crippen LogP) is 1.77. The van der Waals surface area contributed by atoms with Gasteiger partial charge in [0, 0.05) is 0 Å². The molecule has 1 atom stereocenters. The Bertz CT molecular complexity index is 607. The smallest absolute Gasteiger partial charge is 0.325 e. The Balaban J connectivity index is 2.20. The van der Waals surface area contributed by atoms with E-state index < -0.39 is 17.9 Å². The monoisotopic (exact) mass is 275 g/mol. The Hall–Kier alpha value is -2.42. The van der Waals surface area contributed by atoms with Crippen LogP contribution < -0.4 is 5.32 Å². The van der Waals surface area contributed by atoms with E-state index in [4.69, 9.17) is 5.26 Å². The van der Waals surface area contributed by atoms with Crippen LogP contribution in [0, 0.1) is 23.1 Å². The summed E-state index contributed by atoms with van der Waals surface area (Å²) in [4.78, 5) is 24.9. The number of hydrogen-bond acceptors (Lipinski definition) is 3. The molecular formula is C14H14FN3O2. The second-order valence-corrected chi connectivity index (χ2v) is 5.02. The number of rotatable bonds is 3. The summed E-state index contributed by atoms with van der Waals surface area (Å²) in [5, 5.41) is 11.4. The van der Waals surface area contributed by atoms with E-state index in [2.05, 4.69) is 5.32 Å². The van der Waals surface area contributed by atoms with Crippen molar-refractivity contribution in [3.8, 4) is 6.07 Å². The fourth-order valence-corrected chi connectivity index (χ4v) is 2.08. The number of carbonyl (C=O) groups excluding carboxylic acids is 2. The zero-order valence-electron chi connectivity index (χ0n) is 11.2. The molecule has 104 valence electrons. The first-order chi connectivity index (χ1) is 9.43. The first-order valence-electron chi connectivity index (χ1n) is 6.24. The Morgan fingerprint density at radius 3 is 2.70 bits per heavy atom. The lowest BCUT2D eigenvalue weighted by Crippen LogP contribution is -2.34. The molecule has 1 fully saturated rings. The predicted molar refractivity (Wildman–Crippen MR) is 68.8 cm³/mol. The zero-order chi connectivity index (χ0) is 14.9. The number of imide groups is 1. The van der Waals surface area contributed by atoms with Crippen LogP contribution >= 0.6 is 0 Å². The molecule has 0 bridgehead atoms. The van der Waals surface area contributed by atoms with Gasteiger partial charge in [0.25, 0.3) is 5.91 Å². The molecule has 1 heterocycles. The maximum absolute atomic E-state index is 13.2. The van der Waals surface area contributed by atoms with Gasteiger partial charge in [0.2, 0.25) is 0 Å². The molecule has 1 aliphatic heterocycles. The summed E-state index contributed by atoms with van der Waals surface area (Å²) >= 11 is 0. The topological polar surface area (TPSA) is 73.2 Å². The number of carbonyl (C=O) groups is 2. The summed E-state index contributed by atoms with van der Waals surface area (Å²) in [6.45, 7) is 3.72. The van der Waals surface area contributed by atoms with Crippen LogP contribution in [0.15, 0.2) is 18.2 Å². The lowest BCUT2D eigenvalue weighted by atomic mass is 10.0. The number of hydrogen-bond donors (Lipinski definition) is 1. The van der Waals surface area contributed by atoms with Crippen LogP contribution in [0.1, 0.15) is 25.0 Å². The van der Waals surface area contributed by atoms with Crippen LogP contribution in [0.4, 0.5) is 9.18 Å². The quantitative estimate of drug-likeness (QED) is 0.854. The van der Waals surface area contributed by atoms with Crippen molar-refractivity contribution in [2.24, 2.45) is 5.92 Å². The van der Waals surface area contributed by atoms with Crippen molar-refractivity contribution in [3.05, 3.63) is 35.1 Å². The van der Waals surface area contributed by atoms with Gasteiger partial charge in [0.15, 0.2) is 0 Å². The van der Waals surface area contributed by atoms with Gasteiger partial charge < -0.3 is 5.32 Å². The lowest BCUT2D eigenvalue weighted by molar-refractivity contribution is -0.128. The van der Waals surface area contributed by atoms with Gasteiger partial charge in [-0.25, -0.2) is 9.18 Å². The summed E-state index contributed by atoms with van der Waals surface area (Å²) in [5.74, 6) is -0.916. The summed E-state index contributed by atoms with van der Waals surface area (Å²) in [6, 6.07) is 4.70. The Morgan fingerprint density at radius 2 is 2.15 bits per heavy atom. The van der Waals surface area contributed by atoms with Crippen LogP contribution in [0.2, 0.25) is 0 Å². The lowest BCUT2D eigenvalue weighted by Gasteiger charge is -2.14. The Morgan fingerprint density at radius 1 is 1.45 bits per heavy atom. The minimum absolute atomic E-state index is 0.000614. The van der Waals surface area contributed by atoms with Crippen molar-refractivity contribution < 1.29 is 14.0 Å². The molecule has 1 aromatic carbocycles. The highest BCUT2D eigenvalue weighted by Gasteiger charge is 2.39. The molecule has 2 rings (SSSR count). The molecule has 5 nitrogen and oxygen atoms in total. The van der Waals surface area contributed by atoms with E-state index in [1.165, 1.54) is 12.1 Å². The number of halogens is 1. The van der Waals surface area contributed by atoms with Crippen molar-refractivity contribution in [1.82, 2.24) is 10.2 Å². The number of nitriles is 1.